The van der Waals surface area contributed by atoms with Gasteiger partial charge in [0.15, 0.2) is 0 Å². The monoisotopic (exact) mass is 286 g/mol. The highest BCUT2D eigenvalue weighted by molar-refractivity contribution is 7.89. The van der Waals surface area contributed by atoms with Crippen molar-refractivity contribution in [3.63, 3.8) is 0 Å². The van der Waals surface area contributed by atoms with E-state index in [2.05, 4.69) is 16.7 Å². The second-order valence-corrected chi connectivity index (χ2v) is 5.53. The van der Waals surface area contributed by atoms with Gasteiger partial charge in [-0.3, -0.25) is 0 Å². The largest absolute Gasteiger partial charge is 0.395 e. The quantitative estimate of drug-likeness (QED) is 0.617. The maximum absolute atomic E-state index is 13.2. The van der Waals surface area contributed by atoms with Gasteiger partial charge in [-0.1, -0.05) is 11.8 Å². The van der Waals surface area contributed by atoms with Crippen molar-refractivity contribution in [2.24, 2.45) is 0 Å². The summed E-state index contributed by atoms with van der Waals surface area (Å²) in [5.74, 6) is 4.55. The van der Waals surface area contributed by atoms with Crippen LogP contribution in [0.25, 0.3) is 0 Å². The van der Waals surface area contributed by atoms with Gasteiger partial charge in [-0.05, 0) is 18.2 Å². The summed E-state index contributed by atoms with van der Waals surface area (Å²) in [6.45, 7) is -0.139. The van der Waals surface area contributed by atoms with Gasteiger partial charge in [0.05, 0.1) is 11.5 Å². The summed E-state index contributed by atoms with van der Waals surface area (Å²) in [6.07, 6.45) is 0.192. The summed E-state index contributed by atoms with van der Waals surface area (Å²) in [7, 11) is -0.748. The highest BCUT2D eigenvalue weighted by atomic mass is 32.2. The first-order valence-electron chi connectivity index (χ1n) is 5.46. The third-order valence-corrected chi connectivity index (χ3v) is 3.53. The second kappa shape index (κ2) is 6.63. The zero-order valence-corrected chi connectivity index (χ0v) is 11.5. The molecule has 0 heterocycles. The Labute approximate surface area is 112 Å². The van der Waals surface area contributed by atoms with Gasteiger partial charge in [0.25, 0.3) is 10.0 Å². The van der Waals surface area contributed by atoms with Crippen molar-refractivity contribution >= 4 is 10.0 Å². The van der Waals surface area contributed by atoms with Crippen molar-refractivity contribution < 1.29 is 17.9 Å². The predicted octanol–water partition coefficient (Wildman–Crippen LogP) is 0.315. The minimum Gasteiger partial charge on any atom is -0.395 e. The number of aliphatic hydroxyl groups excluding tert-OH is 1. The number of benzene rings is 1. The average Bonchev–Trinajstić information content (AvgIpc) is 2.27. The van der Waals surface area contributed by atoms with E-state index in [9.17, 15) is 12.8 Å². The molecule has 0 amide bonds. The third kappa shape index (κ3) is 4.61. The number of hydrazine groups is 1. The fourth-order valence-electron chi connectivity index (χ4n) is 1.34. The SMILES string of the molecule is CN(C)NS(=O)(=O)c1ccc(F)cc1C#CCCO. The van der Waals surface area contributed by atoms with Crippen LogP contribution in [0.15, 0.2) is 23.1 Å². The number of hydrogen-bond donors (Lipinski definition) is 2. The molecule has 0 saturated carbocycles. The first-order valence-corrected chi connectivity index (χ1v) is 6.94. The molecule has 0 saturated heterocycles. The Kier molecular flexibility index (Phi) is 5.44. The van der Waals surface area contributed by atoms with Crippen molar-refractivity contribution in [3.05, 3.63) is 29.6 Å². The number of sulfonamides is 1. The fourth-order valence-corrected chi connectivity index (χ4v) is 2.56. The zero-order valence-electron chi connectivity index (χ0n) is 10.6. The van der Waals surface area contributed by atoms with Crippen molar-refractivity contribution in [2.75, 3.05) is 20.7 Å². The molecule has 7 heteroatoms. The van der Waals surface area contributed by atoms with E-state index >= 15 is 0 Å². The molecule has 2 N–H and O–H groups in total. The van der Waals surface area contributed by atoms with E-state index < -0.39 is 15.8 Å². The molecule has 19 heavy (non-hydrogen) atoms. The molecule has 0 atom stereocenters. The standard InChI is InChI=1S/C12H15FN2O3S/c1-15(2)14-19(17,18)12-7-6-11(13)9-10(12)5-3-4-8-16/h6-7,9,14,16H,4,8H2,1-2H3. The Morgan fingerprint density at radius 2 is 2.11 bits per heavy atom. The number of halogens is 1. The third-order valence-electron chi connectivity index (χ3n) is 1.99. The Bertz CT molecular complexity index is 603. The predicted molar refractivity (Wildman–Crippen MR) is 69.0 cm³/mol. The summed E-state index contributed by atoms with van der Waals surface area (Å²) >= 11 is 0. The molecule has 0 spiro atoms. The summed E-state index contributed by atoms with van der Waals surface area (Å²) in [5, 5.41) is 9.90. The molecular formula is C12H15FN2O3S. The first-order chi connectivity index (χ1) is 8.86. The maximum atomic E-state index is 13.2. The summed E-state index contributed by atoms with van der Waals surface area (Å²) in [4.78, 5) is 2.15. The van der Waals surface area contributed by atoms with Crippen molar-refractivity contribution in [1.29, 1.82) is 0 Å². The van der Waals surface area contributed by atoms with Gasteiger partial charge in [-0.15, -0.1) is 4.83 Å². The number of hydrogen-bond acceptors (Lipinski definition) is 4. The van der Waals surface area contributed by atoms with Crippen LogP contribution in [-0.2, 0) is 10.0 Å². The van der Waals surface area contributed by atoms with Crippen LogP contribution in [0.4, 0.5) is 4.39 Å². The van der Waals surface area contributed by atoms with E-state index in [1.54, 1.807) is 0 Å². The molecule has 0 unspecified atom stereocenters. The Morgan fingerprint density at radius 1 is 1.42 bits per heavy atom. The topological polar surface area (TPSA) is 69.6 Å². The van der Waals surface area contributed by atoms with Crippen LogP contribution in [-0.4, -0.2) is 39.2 Å². The molecule has 0 aliphatic carbocycles. The van der Waals surface area contributed by atoms with Crippen molar-refractivity contribution in [3.8, 4) is 11.8 Å². The lowest BCUT2D eigenvalue weighted by atomic mass is 10.2. The molecule has 0 aliphatic heterocycles. The molecule has 0 bridgehead atoms. The van der Waals surface area contributed by atoms with Gasteiger partial charge in [0, 0.05) is 26.1 Å². The van der Waals surface area contributed by atoms with E-state index in [4.69, 9.17) is 5.11 Å². The van der Waals surface area contributed by atoms with Crippen LogP contribution < -0.4 is 4.83 Å². The molecule has 0 aliphatic rings. The van der Waals surface area contributed by atoms with Crippen molar-refractivity contribution in [1.82, 2.24) is 9.84 Å². The Morgan fingerprint density at radius 3 is 2.68 bits per heavy atom. The van der Waals surface area contributed by atoms with Crippen molar-refractivity contribution in [2.45, 2.75) is 11.3 Å². The van der Waals surface area contributed by atoms with E-state index in [1.165, 1.54) is 19.1 Å². The van der Waals surface area contributed by atoms with E-state index in [0.717, 1.165) is 18.2 Å². The minimum atomic E-state index is -3.80. The lowest BCUT2D eigenvalue weighted by Crippen LogP contribution is -2.36. The van der Waals surface area contributed by atoms with Crippen LogP contribution in [0.1, 0.15) is 12.0 Å². The van der Waals surface area contributed by atoms with E-state index in [0.29, 0.717) is 0 Å². The fraction of sp³-hybridized carbons (Fsp3) is 0.333. The number of nitrogens with zero attached hydrogens (tertiary/aromatic N) is 1. The molecule has 1 aromatic carbocycles. The molecule has 1 rings (SSSR count). The van der Waals surface area contributed by atoms with Gasteiger partial charge in [-0.25, -0.2) is 17.8 Å². The summed E-state index contributed by atoms with van der Waals surface area (Å²) < 4.78 is 37.2. The molecule has 0 fully saturated rings. The Balaban J connectivity index is 3.25. The normalized spacial score (nSPS) is 11.2. The van der Waals surface area contributed by atoms with Gasteiger partial charge in [0.2, 0.25) is 0 Å². The highest BCUT2D eigenvalue weighted by Gasteiger charge is 2.18. The summed E-state index contributed by atoms with van der Waals surface area (Å²) in [6, 6.07) is 3.26. The number of rotatable bonds is 4. The number of nitrogens with one attached hydrogen (secondary N) is 1. The lowest BCUT2D eigenvalue weighted by molar-refractivity contribution is 0.305. The number of aliphatic hydroxyl groups is 1. The summed E-state index contributed by atoms with van der Waals surface area (Å²) in [5.41, 5.74) is 0.0581. The molecule has 5 nitrogen and oxygen atoms in total. The average molecular weight is 286 g/mol. The van der Waals surface area contributed by atoms with Crippen LogP contribution in [0.3, 0.4) is 0 Å². The lowest BCUT2D eigenvalue weighted by Gasteiger charge is -2.13. The molecule has 0 radical (unpaired) electrons. The van der Waals surface area contributed by atoms with E-state index in [-0.39, 0.29) is 23.5 Å². The van der Waals surface area contributed by atoms with Crippen LogP contribution >= 0.6 is 0 Å². The van der Waals surface area contributed by atoms with Gasteiger partial charge in [0.1, 0.15) is 5.82 Å². The van der Waals surface area contributed by atoms with E-state index in [1.807, 2.05) is 0 Å². The first kappa shape index (κ1) is 15.6. The van der Waals surface area contributed by atoms with Gasteiger partial charge in [-0.2, -0.15) is 0 Å². The maximum Gasteiger partial charge on any atom is 0.254 e. The van der Waals surface area contributed by atoms with Gasteiger partial charge < -0.3 is 5.11 Å². The highest BCUT2D eigenvalue weighted by Crippen LogP contribution is 2.16. The van der Waals surface area contributed by atoms with Crippen LogP contribution in [0.5, 0.6) is 0 Å². The molecule has 1 aromatic rings. The molecular weight excluding hydrogens is 271 g/mol. The smallest absolute Gasteiger partial charge is 0.254 e. The zero-order chi connectivity index (χ0) is 14.5. The van der Waals surface area contributed by atoms with Crippen LogP contribution in [0.2, 0.25) is 0 Å². The second-order valence-electron chi connectivity index (χ2n) is 3.91. The van der Waals surface area contributed by atoms with Gasteiger partial charge >= 0.3 is 0 Å². The molecule has 0 aromatic heterocycles. The minimum absolute atomic E-state index is 0.0581. The molecule has 104 valence electrons. The van der Waals surface area contributed by atoms with Crippen LogP contribution in [0, 0.1) is 17.7 Å². The Hall–Kier alpha value is -1.46.